The summed E-state index contributed by atoms with van der Waals surface area (Å²) < 4.78 is 2.35. The van der Waals surface area contributed by atoms with E-state index in [1.54, 1.807) is 16.8 Å². The Morgan fingerprint density at radius 2 is 2.31 bits per heavy atom. The van der Waals surface area contributed by atoms with Crippen molar-refractivity contribution in [1.82, 2.24) is 14.6 Å². The van der Waals surface area contributed by atoms with Crippen molar-refractivity contribution in [3.05, 3.63) is 27.6 Å². The Labute approximate surface area is 92.8 Å². The van der Waals surface area contributed by atoms with E-state index in [-0.39, 0.29) is 0 Å². The van der Waals surface area contributed by atoms with Gasteiger partial charge in [0.05, 0.1) is 22.2 Å². The van der Waals surface area contributed by atoms with Crippen molar-refractivity contribution in [2.24, 2.45) is 0 Å². The van der Waals surface area contributed by atoms with E-state index in [4.69, 9.17) is 23.2 Å². The molecule has 0 aromatic carbocycles. The highest BCUT2D eigenvalue weighted by molar-refractivity contribution is 9.10. The smallest absolute Gasteiger partial charge is 0.171 e. The van der Waals surface area contributed by atoms with Gasteiger partial charge in [-0.15, -0.1) is 11.6 Å². The second-order valence-corrected chi connectivity index (χ2v) is 3.94. The highest BCUT2D eigenvalue weighted by atomic mass is 79.9. The number of aromatic nitrogens is 3. The Kier molecular flexibility index (Phi) is 2.45. The van der Waals surface area contributed by atoms with Crippen LogP contribution in [0.5, 0.6) is 0 Å². The molecule has 6 heteroatoms. The van der Waals surface area contributed by atoms with Gasteiger partial charge in [-0.1, -0.05) is 11.6 Å². The molecular weight excluding hydrogens is 277 g/mol. The number of hydrogen-bond acceptors (Lipinski definition) is 2. The highest BCUT2D eigenvalue weighted by Gasteiger charge is 2.07. The summed E-state index contributed by atoms with van der Waals surface area (Å²) in [5.41, 5.74) is 1.42. The Bertz CT molecular complexity index is 454. The predicted molar refractivity (Wildman–Crippen MR) is 55.3 cm³/mol. The molecule has 0 aliphatic heterocycles. The molecule has 0 N–H and O–H groups in total. The quantitative estimate of drug-likeness (QED) is 0.594. The zero-order valence-electron chi connectivity index (χ0n) is 6.34. The molecule has 13 heavy (non-hydrogen) atoms. The lowest BCUT2D eigenvalue weighted by molar-refractivity contribution is 0.928. The van der Waals surface area contributed by atoms with Crippen LogP contribution in [0, 0.1) is 0 Å². The molecule has 0 aliphatic carbocycles. The summed E-state index contributed by atoms with van der Waals surface area (Å²) in [5, 5.41) is 4.53. The summed E-state index contributed by atoms with van der Waals surface area (Å²) in [6.45, 7) is 0. The zero-order chi connectivity index (χ0) is 9.42. The fourth-order valence-electron chi connectivity index (χ4n) is 1.01. The molecule has 0 bridgehead atoms. The monoisotopic (exact) mass is 279 g/mol. The summed E-state index contributed by atoms with van der Waals surface area (Å²) in [7, 11) is 0. The summed E-state index contributed by atoms with van der Waals surface area (Å²) in [5.74, 6) is 0.341. The first-order valence-electron chi connectivity index (χ1n) is 3.47. The first-order chi connectivity index (χ1) is 6.22. The van der Waals surface area contributed by atoms with Gasteiger partial charge in [0.2, 0.25) is 0 Å². The Balaban J connectivity index is 2.80. The molecule has 2 rings (SSSR count). The molecule has 0 fully saturated rings. The molecule has 2 aromatic heterocycles. The predicted octanol–water partition coefficient (Wildman–Crippen LogP) is 2.88. The zero-order valence-corrected chi connectivity index (χ0v) is 9.44. The molecule has 68 valence electrons. The Hall–Kier alpha value is -0.320. The van der Waals surface area contributed by atoms with Crippen LogP contribution in [0.3, 0.4) is 0 Å². The van der Waals surface area contributed by atoms with Crippen molar-refractivity contribution in [3.8, 4) is 0 Å². The molecule has 0 atom stereocenters. The molecule has 0 aliphatic rings. The standard InChI is InChI=1S/C7H4BrCl2N3/c8-5-3-11-13-6(10)1-4(2-9)12-7(5)13/h1,3H,2H2. The van der Waals surface area contributed by atoms with E-state index in [1.807, 2.05) is 0 Å². The molecule has 2 heterocycles. The first-order valence-corrected chi connectivity index (χ1v) is 5.17. The number of hydrogen-bond donors (Lipinski definition) is 0. The fraction of sp³-hybridized carbons (Fsp3) is 0.143. The second-order valence-electron chi connectivity index (χ2n) is 2.43. The SMILES string of the molecule is ClCc1cc(Cl)n2ncc(Br)c2n1. The summed E-state index contributed by atoms with van der Waals surface area (Å²) >= 11 is 14.9. The molecule has 3 nitrogen and oxygen atoms in total. The molecule has 0 amide bonds. The van der Waals surface area contributed by atoms with Gasteiger partial charge in [-0.2, -0.15) is 5.10 Å². The Morgan fingerprint density at radius 1 is 1.54 bits per heavy atom. The number of alkyl halides is 1. The maximum absolute atomic E-state index is 5.94. The lowest BCUT2D eigenvalue weighted by Crippen LogP contribution is -1.95. The van der Waals surface area contributed by atoms with Crippen molar-refractivity contribution in [2.45, 2.75) is 5.88 Å². The normalized spacial score (nSPS) is 11.0. The minimum atomic E-state index is 0.341. The van der Waals surface area contributed by atoms with E-state index in [0.717, 1.165) is 10.2 Å². The van der Waals surface area contributed by atoms with Crippen LogP contribution in [-0.2, 0) is 5.88 Å². The molecule has 2 aromatic rings. The van der Waals surface area contributed by atoms with Gasteiger partial charge in [0, 0.05) is 0 Å². The fourth-order valence-corrected chi connectivity index (χ4v) is 1.75. The van der Waals surface area contributed by atoms with Crippen LogP contribution < -0.4 is 0 Å². The third-order valence-electron chi connectivity index (χ3n) is 1.58. The van der Waals surface area contributed by atoms with Gasteiger partial charge >= 0.3 is 0 Å². The summed E-state index contributed by atoms with van der Waals surface area (Å²) in [6, 6.07) is 1.70. The van der Waals surface area contributed by atoms with Crippen molar-refractivity contribution in [2.75, 3.05) is 0 Å². The van der Waals surface area contributed by atoms with E-state index in [0.29, 0.717) is 16.7 Å². The molecule has 0 saturated carbocycles. The number of rotatable bonds is 1. The first kappa shape index (κ1) is 9.24. The van der Waals surface area contributed by atoms with Gasteiger partial charge < -0.3 is 0 Å². The number of halogens is 3. The molecule has 0 saturated heterocycles. The van der Waals surface area contributed by atoms with Crippen LogP contribution in [0.15, 0.2) is 16.7 Å². The van der Waals surface area contributed by atoms with Gasteiger partial charge in [0.1, 0.15) is 5.15 Å². The van der Waals surface area contributed by atoms with Crippen molar-refractivity contribution < 1.29 is 0 Å². The van der Waals surface area contributed by atoms with E-state index >= 15 is 0 Å². The number of nitrogens with zero attached hydrogens (tertiary/aromatic N) is 3. The third kappa shape index (κ3) is 1.54. The van der Waals surface area contributed by atoms with Gasteiger partial charge in [0.15, 0.2) is 5.65 Å². The molecule has 0 unspecified atom stereocenters. The van der Waals surface area contributed by atoms with Crippen LogP contribution in [-0.4, -0.2) is 14.6 Å². The minimum absolute atomic E-state index is 0.341. The summed E-state index contributed by atoms with van der Waals surface area (Å²) in [4.78, 5) is 4.25. The largest absolute Gasteiger partial charge is 0.231 e. The van der Waals surface area contributed by atoms with Gasteiger partial charge in [0.25, 0.3) is 0 Å². The maximum atomic E-state index is 5.94. The minimum Gasteiger partial charge on any atom is -0.231 e. The maximum Gasteiger partial charge on any atom is 0.171 e. The third-order valence-corrected chi connectivity index (χ3v) is 2.68. The average molecular weight is 281 g/mol. The van der Waals surface area contributed by atoms with E-state index in [1.165, 1.54) is 0 Å². The van der Waals surface area contributed by atoms with Crippen LogP contribution in [0.1, 0.15) is 5.69 Å². The van der Waals surface area contributed by atoms with Crippen molar-refractivity contribution in [3.63, 3.8) is 0 Å². The van der Waals surface area contributed by atoms with Crippen molar-refractivity contribution in [1.29, 1.82) is 0 Å². The Morgan fingerprint density at radius 3 is 3.00 bits per heavy atom. The van der Waals surface area contributed by atoms with E-state index in [9.17, 15) is 0 Å². The van der Waals surface area contributed by atoms with Crippen LogP contribution >= 0.6 is 39.1 Å². The number of fused-ring (bicyclic) bond motifs is 1. The molecule has 0 radical (unpaired) electrons. The molecule has 0 spiro atoms. The highest BCUT2D eigenvalue weighted by Crippen LogP contribution is 2.20. The average Bonchev–Trinajstić information content (AvgIpc) is 2.48. The lowest BCUT2D eigenvalue weighted by atomic mass is 10.4. The van der Waals surface area contributed by atoms with Crippen LogP contribution in [0.4, 0.5) is 0 Å². The summed E-state index contributed by atoms with van der Waals surface area (Å²) in [6.07, 6.45) is 1.65. The second kappa shape index (κ2) is 3.44. The van der Waals surface area contributed by atoms with Gasteiger partial charge in [-0.3, -0.25) is 0 Å². The van der Waals surface area contributed by atoms with Crippen molar-refractivity contribution >= 4 is 44.8 Å². The lowest BCUT2D eigenvalue weighted by Gasteiger charge is -1.99. The van der Waals surface area contributed by atoms with Gasteiger partial charge in [-0.05, 0) is 22.0 Å². The topological polar surface area (TPSA) is 30.2 Å². The molecular formula is C7H4BrCl2N3. The van der Waals surface area contributed by atoms with E-state index in [2.05, 4.69) is 26.0 Å². The van der Waals surface area contributed by atoms with E-state index < -0.39 is 0 Å². The van der Waals surface area contributed by atoms with Crippen LogP contribution in [0.25, 0.3) is 5.65 Å². The van der Waals surface area contributed by atoms with Gasteiger partial charge in [-0.25, -0.2) is 9.50 Å². The van der Waals surface area contributed by atoms with Crippen LogP contribution in [0.2, 0.25) is 5.15 Å².